The summed E-state index contributed by atoms with van der Waals surface area (Å²) in [4.78, 5) is 7.35. The molecule has 0 aliphatic heterocycles. The Morgan fingerprint density at radius 2 is 2.06 bits per heavy atom. The molecule has 1 aliphatic rings. The molecule has 0 saturated heterocycles. The van der Waals surface area contributed by atoms with E-state index < -0.39 is 0 Å². The van der Waals surface area contributed by atoms with E-state index >= 15 is 0 Å². The van der Waals surface area contributed by atoms with Crippen LogP contribution < -0.4 is 5.32 Å². The fraction of sp³-hybridized carbons (Fsp3) is 0.538. The molecule has 2 unspecified atom stereocenters. The van der Waals surface area contributed by atoms with Gasteiger partial charge in [0.1, 0.15) is 5.82 Å². The van der Waals surface area contributed by atoms with E-state index in [0.717, 1.165) is 52.6 Å². The third kappa shape index (κ3) is 5.39. The standard InChI is InChI=1S/C26H35BrClN5/c1-5-26(2,3)18-11-12-19(15-18)32(4)14-8-13-29-24-16-23(20-9-6-7-10-22(20)28)31-25-21(27)17-30-33(24)25/h6-7,9-10,16-19,29H,5,8,11-15H2,1-4H3. The minimum Gasteiger partial charge on any atom is -0.370 e. The lowest BCUT2D eigenvalue weighted by molar-refractivity contribution is 0.182. The zero-order valence-electron chi connectivity index (χ0n) is 20.1. The average molecular weight is 533 g/mol. The van der Waals surface area contributed by atoms with E-state index in [0.29, 0.717) is 16.5 Å². The van der Waals surface area contributed by atoms with Crippen LogP contribution in [0.15, 0.2) is 41.0 Å². The Morgan fingerprint density at radius 3 is 2.82 bits per heavy atom. The van der Waals surface area contributed by atoms with Gasteiger partial charge in [0.2, 0.25) is 0 Å². The number of anilines is 1. The smallest absolute Gasteiger partial charge is 0.172 e. The maximum Gasteiger partial charge on any atom is 0.172 e. The minimum absolute atomic E-state index is 0.460. The van der Waals surface area contributed by atoms with Gasteiger partial charge in [0.25, 0.3) is 0 Å². The van der Waals surface area contributed by atoms with Crippen LogP contribution in [0.4, 0.5) is 5.82 Å². The molecule has 1 saturated carbocycles. The van der Waals surface area contributed by atoms with Crippen LogP contribution in [0.3, 0.4) is 0 Å². The molecule has 2 aromatic heterocycles. The second-order valence-electron chi connectivity index (χ2n) is 10.0. The Hall–Kier alpha value is -1.63. The molecule has 0 amide bonds. The van der Waals surface area contributed by atoms with Crippen molar-refractivity contribution in [1.29, 1.82) is 0 Å². The zero-order chi connectivity index (χ0) is 23.6. The number of benzene rings is 1. The highest BCUT2D eigenvalue weighted by Gasteiger charge is 2.36. The van der Waals surface area contributed by atoms with Crippen LogP contribution in [-0.2, 0) is 0 Å². The van der Waals surface area contributed by atoms with Crippen LogP contribution in [0.25, 0.3) is 16.9 Å². The van der Waals surface area contributed by atoms with Gasteiger partial charge in [0.15, 0.2) is 5.65 Å². The Labute approximate surface area is 211 Å². The number of nitrogens with one attached hydrogen (secondary N) is 1. The van der Waals surface area contributed by atoms with Crippen LogP contribution in [0.1, 0.15) is 52.9 Å². The molecule has 1 aromatic carbocycles. The van der Waals surface area contributed by atoms with E-state index in [2.05, 4.69) is 59.1 Å². The first-order valence-corrected chi connectivity index (χ1v) is 13.2. The van der Waals surface area contributed by atoms with E-state index in [-0.39, 0.29) is 0 Å². The molecule has 178 valence electrons. The fourth-order valence-corrected chi connectivity index (χ4v) is 5.53. The first kappa shape index (κ1) is 24.5. The third-order valence-corrected chi connectivity index (χ3v) is 8.51. The molecule has 2 heterocycles. The van der Waals surface area contributed by atoms with Gasteiger partial charge in [-0.3, -0.25) is 0 Å². The van der Waals surface area contributed by atoms with E-state index in [1.165, 1.54) is 25.7 Å². The summed E-state index contributed by atoms with van der Waals surface area (Å²) in [6.45, 7) is 9.16. The van der Waals surface area contributed by atoms with Crippen LogP contribution >= 0.6 is 27.5 Å². The summed E-state index contributed by atoms with van der Waals surface area (Å²) in [5, 5.41) is 8.77. The lowest BCUT2D eigenvalue weighted by Crippen LogP contribution is -2.32. The molecule has 1 aliphatic carbocycles. The largest absolute Gasteiger partial charge is 0.370 e. The molecule has 3 aromatic rings. The maximum absolute atomic E-state index is 6.45. The normalized spacial score (nSPS) is 19.0. The van der Waals surface area contributed by atoms with Gasteiger partial charge in [-0.15, -0.1) is 0 Å². The second-order valence-corrected chi connectivity index (χ2v) is 11.3. The van der Waals surface area contributed by atoms with Crippen molar-refractivity contribution in [2.24, 2.45) is 11.3 Å². The summed E-state index contributed by atoms with van der Waals surface area (Å²) >= 11 is 10.0. The number of hydrogen-bond acceptors (Lipinski definition) is 4. The van der Waals surface area contributed by atoms with Crippen molar-refractivity contribution in [1.82, 2.24) is 19.5 Å². The van der Waals surface area contributed by atoms with Crippen molar-refractivity contribution >= 4 is 39.0 Å². The molecule has 0 spiro atoms. The van der Waals surface area contributed by atoms with E-state index in [4.69, 9.17) is 16.6 Å². The number of fused-ring (bicyclic) bond motifs is 1. The SMILES string of the molecule is CCC(C)(C)C1CCC(N(C)CCCNc2cc(-c3ccccc3Cl)nc3c(Br)cnn23)C1. The molecule has 1 fully saturated rings. The van der Waals surface area contributed by atoms with Gasteiger partial charge in [-0.2, -0.15) is 9.61 Å². The van der Waals surface area contributed by atoms with Gasteiger partial charge in [-0.1, -0.05) is 57.0 Å². The Balaban J connectivity index is 1.39. The molecule has 7 heteroatoms. The van der Waals surface area contributed by atoms with Crippen LogP contribution in [0.5, 0.6) is 0 Å². The lowest BCUT2D eigenvalue weighted by atomic mass is 9.76. The first-order chi connectivity index (χ1) is 15.8. The van der Waals surface area contributed by atoms with Crippen molar-refractivity contribution < 1.29 is 0 Å². The molecular weight excluding hydrogens is 498 g/mol. The number of rotatable bonds is 9. The summed E-state index contributed by atoms with van der Waals surface area (Å²) in [7, 11) is 2.29. The second kappa shape index (κ2) is 10.3. The van der Waals surface area contributed by atoms with Crippen molar-refractivity contribution in [3.05, 3.63) is 46.0 Å². The Morgan fingerprint density at radius 1 is 1.27 bits per heavy atom. The monoisotopic (exact) mass is 531 g/mol. The molecule has 0 radical (unpaired) electrons. The van der Waals surface area contributed by atoms with E-state index in [1.54, 1.807) is 6.20 Å². The summed E-state index contributed by atoms with van der Waals surface area (Å²) in [5.41, 5.74) is 3.00. The van der Waals surface area contributed by atoms with Crippen LogP contribution in [-0.4, -0.2) is 45.7 Å². The van der Waals surface area contributed by atoms with Gasteiger partial charge in [0.05, 0.1) is 16.4 Å². The number of nitrogens with zero attached hydrogens (tertiary/aromatic N) is 4. The number of hydrogen-bond donors (Lipinski definition) is 1. The lowest BCUT2D eigenvalue weighted by Gasteiger charge is -2.31. The van der Waals surface area contributed by atoms with E-state index in [1.807, 2.05) is 34.8 Å². The van der Waals surface area contributed by atoms with Gasteiger partial charge in [-0.05, 0) is 72.6 Å². The summed E-state index contributed by atoms with van der Waals surface area (Å²) in [5.74, 6) is 1.77. The zero-order valence-corrected chi connectivity index (χ0v) is 22.5. The predicted octanol–water partition coefficient (Wildman–Crippen LogP) is 7.15. The maximum atomic E-state index is 6.45. The third-order valence-electron chi connectivity index (χ3n) is 7.62. The minimum atomic E-state index is 0.460. The summed E-state index contributed by atoms with van der Waals surface area (Å²) in [6.07, 6.45) is 8.14. The predicted molar refractivity (Wildman–Crippen MR) is 142 cm³/mol. The number of aromatic nitrogens is 3. The average Bonchev–Trinajstić information content (AvgIpc) is 3.45. The highest BCUT2D eigenvalue weighted by atomic mass is 79.9. The highest BCUT2D eigenvalue weighted by Crippen LogP contribution is 2.43. The van der Waals surface area contributed by atoms with Crippen molar-refractivity contribution in [3.63, 3.8) is 0 Å². The topological polar surface area (TPSA) is 45.5 Å². The van der Waals surface area contributed by atoms with E-state index in [9.17, 15) is 0 Å². The highest BCUT2D eigenvalue weighted by molar-refractivity contribution is 9.10. The summed E-state index contributed by atoms with van der Waals surface area (Å²) < 4.78 is 2.72. The molecule has 0 bridgehead atoms. The van der Waals surface area contributed by atoms with Gasteiger partial charge >= 0.3 is 0 Å². The molecule has 4 rings (SSSR count). The molecule has 5 nitrogen and oxygen atoms in total. The molecular formula is C26H35BrClN5. The summed E-state index contributed by atoms with van der Waals surface area (Å²) in [6, 6.07) is 10.6. The molecule has 2 atom stereocenters. The van der Waals surface area contributed by atoms with Crippen molar-refractivity contribution in [2.45, 2.75) is 58.9 Å². The Bertz CT molecular complexity index is 1100. The molecule has 1 N–H and O–H groups in total. The van der Waals surface area contributed by atoms with Gasteiger partial charge in [0, 0.05) is 29.2 Å². The quantitative estimate of drug-likeness (QED) is 0.297. The van der Waals surface area contributed by atoms with Crippen molar-refractivity contribution in [2.75, 3.05) is 25.5 Å². The molecule has 33 heavy (non-hydrogen) atoms. The van der Waals surface area contributed by atoms with Crippen molar-refractivity contribution in [3.8, 4) is 11.3 Å². The Kier molecular flexibility index (Phi) is 7.66. The van der Waals surface area contributed by atoms with Crippen LogP contribution in [0.2, 0.25) is 5.02 Å². The van der Waals surface area contributed by atoms with Crippen LogP contribution in [0, 0.1) is 11.3 Å². The van der Waals surface area contributed by atoms with Gasteiger partial charge in [-0.25, -0.2) is 4.98 Å². The first-order valence-electron chi connectivity index (χ1n) is 12.0. The van der Waals surface area contributed by atoms with Gasteiger partial charge < -0.3 is 10.2 Å². The number of halogens is 2. The fourth-order valence-electron chi connectivity index (χ4n) is 4.95.